The summed E-state index contributed by atoms with van der Waals surface area (Å²) in [6, 6.07) is 7.53. The van der Waals surface area contributed by atoms with E-state index < -0.39 is 0 Å². The maximum atomic E-state index is 11.2. The molecule has 0 spiro atoms. The standard InChI is InChI=1S/C15H18N2O2S/c1-17-9-2-3-10(17)7-12(6-9)20-11-4-5-13-14(8-11)19-15(18)16-13/h4-5,8-10,12H,2-3,6-7H2,1H3,(H,16,18)/t9-,10+,12-. The lowest BCUT2D eigenvalue weighted by Crippen LogP contribution is -2.40. The Balaban J connectivity index is 1.54. The van der Waals surface area contributed by atoms with Crippen LogP contribution in [0.1, 0.15) is 25.7 Å². The molecule has 0 saturated carbocycles. The van der Waals surface area contributed by atoms with E-state index in [1.165, 1.54) is 30.6 Å². The second kappa shape index (κ2) is 4.67. The Kier molecular flexibility index (Phi) is 2.93. The number of benzene rings is 1. The number of H-pyrrole nitrogens is 1. The Morgan fingerprint density at radius 2 is 2.05 bits per heavy atom. The minimum absolute atomic E-state index is 0.375. The fourth-order valence-electron chi connectivity index (χ4n) is 3.65. The van der Waals surface area contributed by atoms with Crippen LogP contribution < -0.4 is 5.76 Å². The lowest BCUT2D eigenvalue weighted by molar-refractivity contribution is 0.183. The quantitative estimate of drug-likeness (QED) is 0.924. The first-order valence-electron chi connectivity index (χ1n) is 7.20. The van der Waals surface area contributed by atoms with Gasteiger partial charge in [-0.1, -0.05) is 0 Å². The Bertz CT molecular complexity index is 678. The molecule has 2 saturated heterocycles. The van der Waals surface area contributed by atoms with E-state index in [1.807, 2.05) is 23.9 Å². The molecule has 20 heavy (non-hydrogen) atoms. The van der Waals surface area contributed by atoms with Crippen molar-refractivity contribution < 1.29 is 4.42 Å². The number of nitrogens with one attached hydrogen (secondary N) is 1. The van der Waals surface area contributed by atoms with Crippen LogP contribution in [0.15, 0.2) is 32.3 Å². The number of aromatic amines is 1. The number of thioether (sulfide) groups is 1. The van der Waals surface area contributed by atoms with Gasteiger partial charge in [-0.15, -0.1) is 11.8 Å². The van der Waals surface area contributed by atoms with Crippen LogP contribution in [0.4, 0.5) is 0 Å². The van der Waals surface area contributed by atoms with Gasteiger partial charge in [0.05, 0.1) is 5.52 Å². The van der Waals surface area contributed by atoms with Crippen molar-refractivity contribution in [2.45, 2.75) is 47.9 Å². The molecule has 4 rings (SSSR count). The molecule has 1 N–H and O–H groups in total. The number of nitrogens with zero attached hydrogens (tertiary/aromatic N) is 1. The monoisotopic (exact) mass is 290 g/mol. The van der Waals surface area contributed by atoms with Gasteiger partial charge in [-0.05, 0) is 50.9 Å². The van der Waals surface area contributed by atoms with Gasteiger partial charge in [-0.25, -0.2) is 4.79 Å². The Hall–Kier alpha value is -1.20. The number of hydrogen-bond acceptors (Lipinski definition) is 4. The largest absolute Gasteiger partial charge is 0.417 e. The fourth-order valence-corrected chi connectivity index (χ4v) is 4.99. The maximum absolute atomic E-state index is 11.2. The van der Waals surface area contributed by atoms with E-state index in [2.05, 4.69) is 23.0 Å². The minimum atomic E-state index is -0.375. The summed E-state index contributed by atoms with van der Waals surface area (Å²) < 4.78 is 5.14. The van der Waals surface area contributed by atoms with Gasteiger partial charge < -0.3 is 9.32 Å². The molecular weight excluding hydrogens is 272 g/mol. The minimum Gasteiger partial charge on any atom is -0.408 e. The summed E-state index contributed by atoms with van der Waals surface area (Å²) >= 11 is 1.94. The third-order valence-corrected chi connectivity index (χ3v) is 5.99. The average molecular weight is 290 g/mol. The third-order valence-electron chi connectivity index (χ3n) is 4.75. The van der Waals surface area contributed by atoms with Gasteiger partial charge in [-0.2, -0.15) is 0 Å². The zero-order chi connectivity index (χ0) is 13.7. The molecule has 2 aliphatic rings. The first kappa shape index (κ1) is 12.5. The van der Waals surface area contributed by atoms with Crippen molar-refractivity contribution in [3.63, 3.8) is 0 Å². The zero-order valence-electron chi connectivity index (χ0n) is 11.5. The van der Waals surface area contributed by atoms with Crippen molar-refractivity contribution in [3.8, 4) is 0 Å². The molecule has 0 radical (unpaired) electrons. The normalized spacial score (nSPS) is 30.1. The lowest BCUT2D eigenvalue weighted by atomic mass is 10.0. The van der Waals surface area contributed by atoms with Gasteiger partial charge >= 0.3 is 5.76 Å². The summed E-state index contributed by atoms with van der Waals surface area (Å²) in [4.78, 5) is 17.6. The van der Waals surface area contributed by atoms with Crippen LogP contribution in [-0.4, -0.2) is 34.3 Å². The van der Waals surface area contributed by atoms with Gasteiger partial charge in [0.1, 0.15) is 0 Å². The van der Waals surface area contributed by atoms with Gasteiger partial charge in [-0.3, -0.25) is 4.98 Å². The second-order valence-corrected chi connectivity index (χ2v) is 7.31. The number of fused-ring (bicyclic) bond motifs is 3. The Labute approximate surface area is 121 Å². The number of piperidine rings is 1. The molecule has 0 unspecified atom stereocenters. The van der Waals surface area contributed by atoms with Crippen LogP contribution in [-0.2, 0) is 0 Å². The Morgan fingerprint density at radius 1 is 1.30 bits per heavy atom. The van der Waals surface area contributed by atoms with Crippen LogP contribution >= 0.6 is 11.8 Å². The van der Waals surface area contributed by atoms with Crippen LogP contribution in [0.2, 0.25) is 0 Å². The first-order chi connectivity index (χ1) is 9.69. The molecule has 1 aromatic heterocycles. The molecule has 2 aliphatic heterocycles. The second-order valence-electron chi connectivity index (χ2n) is 5.93. The van der Waals surface area contributed by atoms with Crippen LogP contribution in [0, 0.1) is 0 Å². The summed E-state index contributed by atoms with van der Waals surface area (Å²) in [5.41, 5.74) is 1.44. The molecule has 0 amide bonds. The van der Waals surface area contributed by atoms with E-state index in [-0.39, 0.29) is 5.76 Å². The predicted octanol–water partition coefficient (Wildman–Crippen LogP) is 2.84. The molecule has 0 aliphatic carbocycles. The SMILES string of the molecule is CN1[C@@H]2CC[C@H]1C[C@H](Sc1ccc3[nH]c(=O)oc3c1)C2. The summed E-state index contributed by atoms with van der Waals surface area (Å²) in [6.45, 7) is 0. The van der Waals surface area contributed by atoms with Crippen molar-refractivity contribution >= 4 is 22.9 Å². The molecular formula is C15H18N2O2S. The molecule has 3 heterocycles. The maximum Gasteiger partial charge on any atom is 0.417 e. The van der Waals surface area contributed by atoms with E-state index in [1.54, 1.807) is 0 Å². The molecule has 1 aromatic carbocycles. The smallest absolute Gasteiger partial charge is 0.408 e. The third kappa shape index (κ3) is 2.09. The number of hydrogen-bond donors (Lipinski definition) is 1. The fraction of sp³-hybridized carbons (Fsp3) is 0.533. The first-order valence-corrected chi connectivity index (χ1v) is 8.08. The highest BCUT2D eigenvalue weighted by molar-refractivity contribution is 8.00. The molecule has 4 nitrogen and oxygen atoms in total. The van der Waals surface area contributed by atoms with E-state index in [4.69, 9.17) is 4.42 Å². The predicted molar refractivity (Wildman–Crippen MR) is 80.3 cm³/mol. The highest BCUT2D eigenvalue weighted by atomic mass is 32.2. The van der Waals surface area contributed by atoms with Crippen LogP contribution in [0.5, 0.6) is 0 Å². The van der Waals surface area contributed by atoms with Crippen molar-refractivity contribution in [3.05, 3.63) is 28.7 Å². The molecule has 2 fully saturated rings. The van der Waals surface area contributed by atoms with E-state index >= 15 is 0 Å². The van der Waals surface area contributed by atoms with Crippen LogP contribution in [0.3, 0.4) is 0 Å². The number of oxazole rings is 1. The molecule has 3 atom stereocenters. The molecule has 106 valence electrons. The van der Waals surface area contributed by atoms with E-state index in [9.17, 15) is 4.79 Å². The summed E-state index contributed by atoms with van der Waals surface area (Å²) in [5, 5.41) is 0.687. The Morgan fingerprint density at radius 3 is 2.80 bits per heavy atom. The van der Waals surface area contributed by atoms with Crippen molar-refractivity contribution in [1.82, 2.24) is 9.88 Å². The van der Waals surface area contributed by atoms with Gasteiger partial charge in [0, 0.05) is 22.2 Å². The van der Waals surface area contributed by atoms with E-state index in [0.29, 0.717) is 10.8 Å². The topological polar surface area (TPSA) is 49.2 Å². The summed E-state index contributed by atoms with van der Waals surface area (Å²) in [7, 11) is 2.27. The highest BCUT2D eigenvalue weighted by Gasteiger charge is 2.38. The summed E-state index contributed by atoms with van der Waals surface area (Å²) in [5.74, 6) is -0.375. The van der Waals surface area contributed by atoms with Crippen molar-refractivity contribution in [2.24, 2.45) is 0 Å². The molecule has 2 aromatic rings. The van der Waals surface area contributed by atoms with Gasteiger partial charge in [0.25, 0.3) is 0 Å². The zero-order valence-corrected chi connectivity index (χ0v) is 12.3. The number of rotatable bonds is 2. The van der Waals surface area contributed by atoms with E-state index in [0.717, 1.165) is 17.6 Å². The summed E-state index contributed by atoms with van der Waals surface area (Å²) in [6.07, 6.45) is 5.24. The average Bonchev–Trinajstić information content (AvgIpc) is 2.85. The number of aromatic nitrogens is 1. The van der Waals surface area contributed by atoms with Gasteiger partial charge in [0.15, 0.2) is 5.58 Å². The van der Waals surface area contributed by atoms with Gasteiger partial charge in [0.2, 0.25) is 0 Å². The van der Waals surface area contributed by atoms with Crippen LogP contribution in [0.25, 0.3) is 11.1 Å². The molecule has 2 bridgehead atoms. The molecule has 5 heteroatoms. The highest BCUT2D eigenvalue weighted by Crippen LogP contribution is 2.41. The lowest BCUT2D eigenvalue weighted by Gasteiger charge is -2.35. The van der Waals surface area contributed by atoms with Crippen molar-refractivity contribution in [2.75, 3.05) is 7.05 Å². The van der Waals surface area contributed by atoms with Crippen molar-refractivity contribution in [1.29, 1.82) is 0 Å².